The van der Waals surface area contributed by atoms with Gasteiger partial charge in [-0.25, -0.2) is 9.59 Å². The first-order chi connectivity index (χ1) is 42.8. The molecular weight excluding hydrogens is 1270 g/mol. The molecule has 6 aromatic carbocycles. The zero-order valence-corrected chi connectivity index (χ0v) is 57.7. The first-order valence-electron chi connectivity index (χ1n) is 29.8. The number of alkyl carbamates (subject to hydrolysis) is 2. The minimum Gasteiger partial charge on any atom is -0.489 e. The third-order valence-electron chi connectivity index (χ3n) is 12.4. The van der Waals surface area contributed by atoms with E-state index >= 15 is 8.78 Å². The molecule has 2 unspecified atom stereocenters. The van der Waals surface area contributed by atoms with Gasteiger partial charge in [0, 0.05) is 29.6 Å². The van der Waals surface area contributed by atoms with Crippen molar-refractivity contribution in [2.45, 2.75) is 164 Å². The van der Waals surface area contributed by atoms with E-state index in [-0.39, 0.29) is 26.4 Å². The first kappa shape index (κ1) is 75.1. The number of rotatable bonds is 32. The van der Waals surface area contributed by atoms with Gasteiger partial charge in [0.25, 0.3) is 0 Å². The summed E-state index contributed by atoms with van der Waals surface area (Å²) in [4.78, 5) is 29.0. The number of carbonyl (C=O) groups excluding carboxylic acids is 2. The Morgan fingerprint density at radius 1 is 0.500 bits per heavy atom. The van der Waals surface area contributed by atoms with Gasteiger partial charge in [-0.1, -0.05) is 132 Å². The molecule has 0 spiro atoms. The lowest BCUT2D eigenvalue weighted by molar-refractivity contribution is 0.0500. The number of hydrogen-bond acceptors (Lipinski definition) is 14. The van der Waals surface area contributed by atoms with Crippen molar-refractivity contribution < 1.29 is 64.5 Å². The third-order valence-corrected chi connectivity index (χ3v) is 18.8. The van der Waals surface area contributed by atoms with E-state index < -0.39 is 61.8 Å². The van der Waals surface area contributed by atoms with Gasteiger partial charge in [-0.2, -0.15) is 8.78 Å². The van der Waals surface area contributed by atoms with Crippen LogP contribution in [0.2, 0.25) is 10.0 Å². The maximum Gasteiger partial charge on any atom is 0.408 e. The fourth-order valence-corrected chi connectivity index (χ4v) is 13.7. The van der Waals surface area contributed by atoms with Gasteiger partial charge in [0.05, 0.1) is 38.5 Å². The largest absolute Gasteiger partial charge is 0.489 e. The Morgan fingerprint density at radius 3 is 1.17 bits per heavy atom. The molecule has 0 radical (unpaired) electrons. The Morgan fingerprint density at radius 2 is 0.844 bits per heavy atom. The molecule has 0 fully saturated rings. The normalized spacial score (nSPS) is 12.9. The average Bonchev–Trinajstić information content (AvgIpc) is 3.68. The Balaban J connectivity index is 0.000000327. The van der Waals surface area contributed by atoms with Crippen LogP contribution >= 0.6 is 61.9 Å². The molecule has 0 saturated carbocycles. The van der Waals surface area contributed by atoms with E-state index in [9.17, 15) is 18.7 Å². The van der Waals surface area contributed by atoms with E-state index in [1.165, 1.54) is 0 Å². The second-order valence-electron chi connectivity index (χ2n) is 22.1. The predicted octanol–water partition coefficient (Wildman–Crippen LogP) is 20.7. The van der Waals surface area contributed by atoms with Crippen LogP contribution in [-0.4, -0.2) is 61.9 Å². The van der Waals surface area contributed by atoms with Crippen molar-refractivity contribution in [3.05, 3.63) is 201 Å². The molecule has 0 aliphatic rings. The second-order valence-corrected chi connectivity index (χ2v) is 29.1. The van der Waals surface area contributed by atoms with E-state index in [2.05, 4.69) is 10.6 Å². The van der Waals surface area contributed by atoms with Crippen LogP contribution in [0.1, 0.15) is 117 Å². The van der Waals surface area contributed by atoms with Crippen LogP contribution in [0.25, 0.3) is 0 Å². The molecule has 0 bridgehead atoms. The zero-order chi connectivity index (χ0) is 65.7. The van der Waals surface area contributed by atoms with Gasteiger partial charge < -0.3 is 47.7 Å². The van der Waals surface area contributed by atoms with E-state index in [0.717, 1.165) is 65.5 Å². The van der Waals surface area contributed by atoms with Gasteiger partial charge in [0.2, 0.25) is 11.1 Å². The van der Waals surface area contributed by atoms with E-state index in [0.29, 0.717) is 61.8 Å². The highest BCUT2D eigenvalue weighted by atomic mass is 35.5. The van der Waals surface area contributed by atoms with Crippen LogP contribution in [0, 0.1) is 0 Å². The quantitative estimate of drug-likeness (QED) is 0.0383. The number of nitrogens with one attached hydrogen (secondary N) is 2. The molecule has 14 nitrogen and oxygen atoms in total. The van der Waals surface area contributed by atoms with Crippen LogP contribution in [0.5, 0.6) is 11.5 Å². The monoisotopic (exact) mass is 1350 g/mol. The van der Waals surface area contributed by atoms with Crippen molar-refractivity contribution in [2.75, 3.05) is 26.4 Å². The highest BCUT2D eigenvalue weighted by Gasteiger charge is 2.33. The van der Waals surface area contributed by atoms with E-state index in [4.69, 9.17) is 60.2 Å². The predicted molar refractivity (Wildman–Crippen MR) is 358 cm³/mol. The third kappa shape index (κ3) is 27.7. The summed E-state index contributed by atoms with van der Waals surface area (Å²) in [6, 6.07) is 45.9. The number of halogens is 4. The smallest absolute Gasteiger partial charge is 0.408 e. The summed E-state index contributed by atoms with van der Waals surface area (Å²) in [5, 5.41) is 6.54. The van der Waals surface area contributed by atoms with Crippen molar-refractivity contribution in [1.29, 1.82) is 0 Å². The summed E-state index contributed by atoms with van der Waals surface area (Å²) in [7, 11) is -8.26. The number of amides is 2. The number of hydrogen-bond donors (Lipinski definition) is 2. The van der Waals surface area contributed by atoms with Crippen LogP contribution < -0.4 is 20.1 Å². The maximum absolute atomic E-state index is 15.2. The van der Waals surface area contributed by atoms with Crippen LogP contribution in [-0.2, 0) is 62.8 Å². The molecule has 0 heterocycles. The summed E-state index contributed by atoms with van der Waals surface area (Å²) < 4.78 is 99.3. The minimum absolute atomic E-state index is 0.00293. The number of carbonyl (C=O) groups is 2. The lowest BCUT2D eigenvalue weighted by Gasteiger charge is -2.23. The fourth-order valence-electron chi connectivity index (χ4n) is 8.45. The zero-order valence-electron chi connectivity index (χ0n) is 52.8. The Bertz CT molecular complexity index is 3130. The second kappa shape index (κ2) is 37.8. The molecule has 0 aromatic heterocycles. The van der Waals surface area contributed by atoms with Gasteiger partial charge in [0.15, 0.2) is 0 Å². The molecule has 2 N–H and O–H groups in total. The molecule has 2 atom stereocenters. The molecule has 2 amide bonds. The summed E-state index contributed by atoms with van der Waals surface area (Å²) in [5.74, 6) is 1.57. The molecule has 22 heteroatoms. The molecule has 0 aliphatic carbocycles. The lowest BCUT2D eigenvalue weighted by Crippen LogP contribution is -2.38. The first-order valence-corrected chi connectivity index (χ1v) is 35.3. The molecule has 6 aromatic rings. The summed E-state index contributed by atoms with van der Waals surface area (Å²) in [6.07, 6.45) is 3.62. The van der Waals surface area contributed by atoms with E-state index in [1.807, 2.05) is 146 Å². The average molecular weight is 1360 g/mol. The van der Waals surface area contributed by atoms with Gasteiger partial charge in [-0.15, -0.1) is 0 Å². The van der Waals surface area contributed by atoms with Crippen molar-refractivity contribution in [2.24, 2.45) is 0 Å². The summed E-state index contributed by atoms with van der Waals surface area (Å²) >= 11 is 16.5. The molecule has 90 heavy (non-hydrogen) atoms. The number of ether oxygens (including phenoxy) is 4. The fraction of sp³-hybridized carbons (Fsp3) is 0.382. The Kier molecular flexibility index (Phi) is 31.5. The van der Waals surface area contributed by atoms with Crippen molar-refractivity contribution in [3.8, 4) is 11.5 Å². The van der Waals surface area contributed by atoms with Gasteiger partial charge >= 0.3 is 27.4 Å². The van der Waals surface area contributed by atoms with Gasteiger partial charge in [-0.3, -0.25) is 9.13 Å². The van der Waals surface area contributed by atoms with Crippen molar-refractivity contribution in [3.63, 3.8) is 0 Å². The Hall–Kier alpha value is -5.62. The lowest BCUT2D eigenvalue weighted by atomic mass is 10.0. The van der Waals surface area contributed by atoms with Crippen LogP contribution in [0.4, 0.5) is 18.4 Å². The molecule has 0 saturated heterocycles. The van der Waals surface area contributed by atoms with Crippen molar-refractivity contribution in [1.82, 2.24) is 10.6 Å². The maximum atomic E-state index is 15.2. The van der Waals surface area contributed by atoms with Crippen LogP contribution in [0.3, 0.4) is 0 Å². The summed E-state index contributed by atoms with van der Waals surface area (Å²) in [6.45, 7) is 17.8. The molecule has 488 valence electrons. The Labute approximate surface area is 548 Å². The molecule has 0 aliphatic heterocycles. The van der Waals surface area contributed by atoms with Gasteiger partial charge in [-0.05, 0) is 203 Å². The van der Waals surface area contributed by atoms with E-state index in [1.54, 1.807) is 92.8 Å². The van der Waals surface area contributed by atoms with Crippen LogP contribution in [0.15, 0.2) is 188 Å². The van der Waals surface area contributed by atoms with Crippen molar-refractivity contribution >= 4 is 74.1 Å². The topological polar surface area (TPSA) is 166 Å². The molecular formula is C68H84Cl2F2N2O12P2S2. The number of benzene rings is 6. The van der Waals surface area contributed by atoms with Gasteiger partial charge in [0.1, 0.15) is 35.9 Å². The highest BCUT2D eigenvalue weighted by molar-refractivity contribution is 7.99. The minimum atomic E-state index is -4.13. The standard InChI is InChI=1S/2C34H42ClFNO6PS/c2*1-6-41-44(39,42-7-2)32(36)21-27(37-33(38)43-34(3,4)5)16-11-15-26-19-20-30(23-31(26)35)45-29-18-12-17-28(22-29)40-24-25-13-9-8-10-14-25/h2*8-10,12-14,17-23,27H,6-7,11,15-16,24H2,1-5H3,(H,37,38)/b32-21+;32-21-. The SMILES string of the molecule is CCOP(=O)(OCC)/C(F)=C/C(CCCc1ccc(Sc2cccc(OCc3ccccc3)c2)cc1Cl)NC(=O)OC(C)(C)C.CCOP(=O)(OCC)/C(F)=C\C(CCCc1ccc(Sc2cccc(OCc3ccccc3)c2)cc1Cl)NC(=O)OC(C)(C)C. The molecule has 6 rings (SSSR count). The summed E-state index contributed by atoms with van der Waals surface area (Å²) in [5.41, 5.74) is 0.428. The highest BCUT2D eigenvalue weighted by Crippen LogP contribution is 2.57. The number of aryl methyl sites for hydroxylation is 2.